The number of halogens is 3. The van der Waals surface area contributed by atoms with Gasteiger partial charge in [-0.15, -0.1) is 10.2 Å². The minimum Gasteiger partial charge on any atom is -0.351 e. The standard InChI is InChI=1S/C5H6F3N3OS2/c1-14(12)4-11-10-3(13-4)9-2-5(6,7)8/h2H2,1H3,(H,9,10). The van der Waals surface area contributed by atoms with Gasteiger partial charge in [0.05, 0.1) is 10.8 Å². The Balaban J connectivity index is 2.56. The molecule has 0 bridgehead atoms. The minimum absolute atomic E-state index is 0.0209. The monoisotopic (exact) mass is 245 g/mol. The Bertz CT molecular complexity index is 337. The molecule has 80 valence electrons. The predicted octanol–water partition coefficient (Wildman–Crippen LogP) is 1.25. The van der Waals surface area contributed by atoms with Crippen LogP contribution in [0.2, 0.25) is 0 Å². The highest BCUT2D eigenvalue weighted by Crippen LogP contribution is 2.20. The molecule has 1 unspecified atom stereocenters. The second-order valence-corrected chi connectivity index (χ2v) is 4.83. The van der Waals surface area contributed by atoms with Crippen molar-refractivity contribution >= 4 is 27.3 Å². The van der Waals surface area contributed by atoms with Gasteiger partial charge >= 0.3 is 6.18 Å². The molecule has 0 saturated carbocycles. The van der Waals surface area contributed by atoms with E-state index in [1.54, 1.807) is 0 Å². The lowest BCUT2D eigenvalue weighted by atomic mass is 10.6. The van der Waals surface area contributed by atoms with Gasteiger partial charge in [-0.3, -0.25) is 4.21 Å². The summed E-state index contributed by atoms with van der Waals surface area (Å²) in [5.74, 6) is 0. The van der Waals surface area contributed by atoms with Gasteiger partial charge in [0.25, 0.3) is 0 Å². The summed E-state index contributed by atoms with van der Waals surface area (Å²) in [6, 6.07) is 0. The Morgan fingerprint density at radius 3 is 2.57 bits per heavy atom. The smallest absolute Gasteiger partial charge is 0.351 e. The van der Waals surface area contributed by atoms with Crippen molar-refractivity contribution in [3.63, 3.8) is 0 Å². The molecular formula is C5H6F3N3OS2. The number of nitrogens with zero attached hydrogens (tertiary/aromatic N) is 2. The third-order valence-electron chi connectivity index (χ3n) is 1.09. The number of rotatable bonds is 3. The van der Waals surface area contributed by atoms with E-state index in [2.05, 4.69) is 10.2 Å². The maximum Gasteiger partial charge on any atom is 0.405 e. The summed E-state index contributed by atoms with van der Waals surface area (Å²) in [7, 11) is -1.31. The van der Waals surface area contributed by atoms with Crippen LogP contribution in [0.15, 0.2) is 4.34 Å². The zero-order valence-electron chi connectivity index (χ0n) is 6.96. The quantitative estimate of drug-likeness (QED) is 0.870. The van der Waals surface area contributed by atoms with Crippen LogP contribution >= 0.6 is 11.3 Å². The van der Waals surface area contributed by atoms with E-state index in [1.165, 1.54) is 6.26 Å². The summed E-state index contributed by atoms with van der Waals surface area (Å²) in [5, 5.41) is 8.93. The Hall–Kier alpha value is -0.700. The van der Waals surface area contributed by atoms with Crippen molar-refractivity contribution in [3.05, 3.63) is 0 Å². The summed E-state index contributed by atoms with van der Waals surface area (Å²) in [4.78, 5) is 0. The van der Waals surface area contributed by atoms with Gasteiger partial charge in [0.1, 0.15) is 6.54 Å². The van der Waals surface area contributed by atoms with E-state index in [0.717, 1.165) is 11.3 Å². The average molecular weight is 245 g/mol. The third kappa shape index (κ3) is 3.58. The molecule has 1 atom stereocenters. The van der Waals surface area contributed by atoms with E-state index in [9.17, 15) is 17.4 Å². The molecule has 0 aliphatic carbocycles. The summed E-state index contributed by atoms with van der Waals surface area (Å²) in [6.07, 6.45) is -2.91. The van der Waals surface area contributed by atoms with Gasteiger partial charge in [0, 0.05) is 6.26 Å². The molecule has 0 fully saturated rings. The normalized spacial score (nSPS) is 14.0. The summed E-state index contributed by atoms with van der Waals surface area (Å²) in [6.45, 7) is -1.17. The van der Waals surface area contributed by atoms with Crippen LogP contribution in [-0.2, 0) is 10.8 Å². The molecule has 1 N–H and O–H groups in total. The maximum atomic E-state index is 11.7. The molecule has 9 heteroatoms. The third-order valence-corrected chi connectivity index (χ3v) is 3.30. The molecule has 0 spiro atoms. The van der Waals surface area contributed by atoms with Gasteiger partial charge in [0.15, 0.2) is 0 Å². The van der Waals surface area contributed by atoms with Crippen molar-refractivity contribution in [3.8, 4) is 0 Å². The van der Waals surface area contributed by atoms with Crippen LogP contribution in [0.25, 0.3) is 0 Å². The van der Waals surface area contributed by atoms with E-state index in [4.69, 9.17) is 0 Å². The first-order chi connectivity index (χ1) is 6.38. The van der Waals surface area contributed by atoms with Gasteiger partial charge in [0.2, 0.25) is 9.47 Å². The molecule has 1 aromatic rings. The van der Waals surface area contributed by atoms with E-state index < -0.39 is 23.5 Å². The van der Waals surface area contributed by atoms with Crippen LogP contribution in [0.3, 0.4) is 0 Å². The fourth-order valence-corrected chi connectivity index (χ4v) is 1.91. The number of aromatic nitrogens is 2. The van der Waals surface area contributed by atoms with Crippen molar-refractivity contribution in [1.82, 2.24) is 10.2 Å². The first-order valence-electron chi connectivity index (χ1n) is 3.36. The Morgan fingerprint density at radius 1 is 1.50 bits per heavy atom. The second kappa shape index (κ2) is 4.22. The van der Waals surface area contributed by atoms with Gasteiger partial charge < -0.3 is 5.32 Å². The van der Waals surface area contributed by atoms with Crippen LogP contribution in [0.1, 0.15) is 0 Å². The summed E-state index contributed by atoms with van der Waals surface area (Å²) >= 11 is 0.848. The van der Waals surface area contributed by atoms with Gasteiger partial charge in [-0.2, -0.15) is 13.2 Å². The molecule has 0 radical (unpaired) electrons. The molecule has 0 amide bonds. The molecule has 1 heterocycles. The van der Waals surface area contributed by atoms with Gasteiger partial charge in [-0.25, -0.2) is 0 Å². The van der Waals surface area contributed by atoms with Crippen molar-refractivity contribution in [2.24, 2.45) is 0 Å². The van der Waals surface area contributed by atoms with Crippen molar-refractivity contribution in [1.29, 1.82) is 0 Å². The molecule has 0 saturated heterocycles. The van der Waals surface area contributed by atoms with Crippen LogP contribution in [0.5, 0.6) is 0 Å². The highest BCUT2D eigenvalue weighted by molar-refractivity contribution is 7.86. The molecule has 1 rings (SSSR count). The number of anilines is 1. The highest BCUT2D eigenvalue weighted by Gasteiger charge is 2.27. The molecule has 0 aliphatic rings. The topological polar surface area (TPSA) is 54.9 Å². The van der Waals surface area contributed by atoms with Crippen LogP contribution in [-0.4, -0.2) is 33.4 Å². The molecule has 14 heavy (non-hydrogen) atoms. The van der Waals surface area contributed by atoms with Gasteiger partial charge in [-0.1, -0.05) is 11.3 Å². The van der Waals surface area contributed by atoms with Crippen molar-refractivity contribution in [2.45, 2.75) is 10.5 Å². The van der Waals surface area contributed by atoms with Crippen LogP contribution in [0, 0.1) is 0 Å². The highest BCUT2D eigenvalue weighted by atomic mass is 32.2. The molecule has 1 aromatic heterocycles. The maximum absolute atomic E-state index is 11.7. The summed E-state index contributed by atoms with van der Waals surface area (Å²) < 4.78 is 46.3. The Kier molecular flexibility index (Phi) is 3.43. The van der Waals surface area contributed by atoms with Crippen molar-refractivity contribution < 1.29 is 17.4 Å². The average Bonchev–Trinajstić information content (AvgIpc) is 2.47. The minimum atomic E-state index is -4.29. The van der Waals surface area contributed by atoms with E-state index in [-0.39, 0.29) is 9.47 Å². The molecule has 0 aromatic carbocycles. The zero-order chi connectivity index (χ0) is 10.8. The molecule has 4 nitrogen and oxygen atoms in total. The van der Waals surface area contributed by atoms with Crippen LogP contribution in [0.4, 0.5) is 18.3 Å². The molecular weight excluding hydrogens is 239 g/mol. The van der Waals surface area contributed by atoms with E-state index >= 15 is 0 Å². The Labute approximate surface area is 84.0 Å². The number of alkyl halides is 3. The first kappa shape index (κ1) is 11.4. The lowest BCUT2D eigenvalue weighted by molar-refractivity contribution is -0.115. The largest absolute Gasteiger partial charge is 0.405 e. The fraction of sp³-hybridized carbons (Fsp3) is 0.600. The lowest BCUT2D eigenvalue weighted by Gasteiger charge is -2.05. The molecule has 0 aliphatic heterocycles. The van der Waals surface area contributed by atoms with E-state index in [0.29, 0.717) is 0 Å². The SMILES string of the molecule is CS(=O)c1nnc(NCC(F)(F)F)s1. The van der Waals surface area contributed by atoms with Crippen LogP contribution < -0.4 is 5.32 Å². The predicted molar refractivity (Wildman–Crippen MR) is 46.8 cm³/mol. The number of hydrogen-bond acceptors (Lipinski definition) is 5. The van der Waals surface area contributed by atoms with Crippen molar-refractivity contribution in [2.75, 3.05) is 18.1 Å². The number of hydrogen-bond donors (Lipinski definition) is 1. The second-order valence-electron chi connectivity index (χ2n) is 2.30. The number of nitrogens with one attached hydrogen (secondary N) is 1. The summed E-state index contributed by atoms with van der Waals surface area (Å²) in [5.41, 5.74) is 0. The van der Waals surface area contributed by atoms with Gasteiger partial charge in [-0.05, 0) is 0 Å². The Morgan fingerprint density at radius 2 is 2.14 bits per heavy atom. The first-order valence-corrected chi connectivity index (χ1v) is 5.73. The lowest BCUT2D eigenvalue weighted by Crippen LogP contribution is -2.21. The van der Waals surface area contributed by atoms with E-state index in [1.807, 2.05) is 5.32 Å². The zero-order valence-corrected chi connectivity index (χ0v) is 8.59. The fourth-order valence-electron chi connectivity index (χ4n) is 0.573.